The molecule has 100 valence electrons. The van der Waals surface area contributed by atoms with Gasteiger partial charge in [-0.15, -0.1) is 0 Å². The van der Waals surface area contributed by atoms with Gasteiger partial charge in [-0.1, -0.05) is 0 Å². The Kier molecular flexibility index (Phi) is 4.63. The highest BCUT2D eigenvalue weighted by atomic mass is 16.1. The Morgan fingerprint density at radius 3 is 2.79 bits per heavy atom. The number of rotatable bonds is 6. The summed E-state index contributed by atoms with van der Waals surface area (Å²) in [6.45, 7) is 1.70. The first-order chi connectivity index (χ1) is 9.29. The number of nitrogens with zero attached hydrogens (tertiary/aromatic N) is 3. The van der Waals surface area contributed by atoms with E-state index in [1.807, 2.05) is 12.1 Å². The molecule has 19 heavy (non-hydrogen) atoms. The number of anilines is 1. The van der Waals surface area contributed by atoms with Gasteiger partial charge < -0.3 is 11.1 Å². The van der Waals surface area contributed by atoms with E-state index in [0.29, 0.717) is 25.3 Å². The van der Waals surface area contributed by atoms with Crippen LogP contribution in [0.2, 0.25) is 0 Å². The molecule has 2 aromatic heterocycles. The molecule has 2 rings (SSSR count). The largest absolute Gasteiger partial charge is 0.382 e. The Bertz CT molecular complexity index is 567. The fourth-order valence-corrected chi connectivity index (χ4v) is 1.70. The fourth-order valence-electron chi connectivity index (χ4n) is 1.70. The van der Waals surface area contributed by atoms with Crippen molar-refractivity contribution in [3.8, 4) is 0 Å². The minimum Gasteiger partial charge on any atom is -0.382 e. The van der Waals surface area contributed by atoms with Crippen molar-refractivity contribution in [2.24, 2.45) is 5.73 Å². The number of hydrogen-bond donors (Lipinski definition) is 2. The maximum Gasteiger partial charge on any atom is 0.268 e. The molecule has 0 spiro atoms. The second-order valence-corrected chi connectivity index (χ2v) is 4.13. The predicted molar refractivity (Wildman–Crippen MR) is 74.0 cm³/mol. The lowest BCUT2D eigenvalue weighted by molar-refractivity contribution is 0.578. The van der Waals surface area contributed by atoms with E-state index < -0.39 is 0 Å². The molecule has 0 amide bonds. The normalized spacial score (nSPS) is 10.4. The molecule has 3 N–H and O–H groups in total. The van der Waals surface area contributed by atoms with Crippen LogP contribution >= 0.6 is 0 Å². The maximum absolute atomic E-state index is 11.8. The summed E-state index contributed by atoms with van der Waals surface area (Å²) in [6.07, 6.45) is 5.88. The molecule has 0 radical (unpaired) electrons. The van der Waals surface area contributed by atoms with Crippen molar-refractivity contribution in [1.82, 2.24) is 14.8 Å². The van der Waals surface area contributed by atoms with Gasteiger partial charge in [0.2, 0.25) is 0 Å². The quantitative estimate of drug-likeness (QED) is 0.776. The molecular formula is C13H17N5O. The van der Waals surface area contributed by atoms with Gasteiger partial charge in [0.05, 0.1) is 11.9 Å². The van der Waals surface area contributed by atoms with Gasteiger partial charge in [0.15, 0.2) is 0 Å². The van der Waals surface area contributed by atoms with E-state index in [-0.39, 0.29) is 5.56 Å². The molecule has 0 aliphatic carbocycles. The third-order valence-corrected chi connectivity index (χ3v) is 2.70. The summed E-state index contributed by atoms with van der Waals surface area (Å²) < 4.78 is 1.45. The molecule has 0 aliphatic heterocycles. The lowest BCUT2D eigenvalue weighted by Crippen LogP contribution is -2.24. The first kappa shape index (κ1) is 13.2. The molecule has 2 heterocycles. The third-order valence-electron chi connectivity index (χ3n) is 2.70. The molecule has 0 aromatic carbocycles. The van der Waals surface area contributed by atoms with Gasteiger partial charge in [-0.05, 0) is 24.1 Å². The summed E-state index contributed by atoms with van der Waals surface area (Å²) in [5.41, 5.74) is 7.11. The highest BCUT2D eigenvalue weighted by Gasteiger charge is 2.00. The Balaban J connectivity index is 1.99. The molecule has 6 nitrogen and oxygen atoms in total. The van der Waals surface area contributed by atoms with Crippen molar-refractivity contribution in [2.45, 2.75) is 13.0 Å². The van der Waals surface area contributed by atoms with Crippen LogP contribution in [0.25, 0.3) is 0 Å². The molecule has 0 saturated carbocycles. The number of nitrogens with one attached hydrogen (secondary N) is 1. The Morgan fingerprint density at radius 1 is 1.32 bits per heavy atom. The van der Waals surface area contributed by atoms with Crippen LogP contribution in [-0.4, -0.2) is 27.9 Å². The molecule has 0 aliphatic rings. The molecule has 0 saturated heterocycles. The summed E-state index contributed by atoms with van der Waals surface area (Å²) in [4.78, 5) is 15.8. The summed E-state index contributed by atoms with van der Waals surface area (Å²) in [6, 6.07) is 5.40. The van der Waals surface area contributed by atoms with Gasteiger partial charge in [-0.3, -0.25) is 9.78 Å². The molecule has 0 unspecified atom stereocenters. The number of aromatic nitrogens is 3. The van der Waals surface area contributed by atoms with Crippen molar-refractivity contribution in [2.75, 3.05) is 18.4 Å². The molecule has 6 heteroatoms. The zero-order valence-electron chi connectivity index (χ0n) is 10.6. The van der Waals surface area contributed by atoms with E-state index in [9.17, 15) is 4.79 Å². The summed E-state index contributed by atoms with van der Waals surface area (Å²) in [7, 11) is 0. The van der Waals surface area contributed by atoms with Crippen molar-refractivity contribution in [1.29, 1.82) is 0 Å². The summed E-state index contributed by atoms with van der Waals surface area (Å²) >= 11 is 0. The van der Waals surface area contributed by atoms with Crippen molar-refractivity contribution in [3.05, 3.63) is 52.7 Å². The number of aryl methyl sites for hydroxylation is 2. The molecular weight excluding hydrogens is 242 g/mol. The topological polar surface area (TPSA) is 85.8 Å². The lowest BCUT2D eigenvalue weighted by atomic mass is 10.2. The van der Waals surface area contributed by atoms with Crippen molar-refractivity contribution < 1.29 is 0 Å². The van der Waals surface area contributed by atoms with Crippen molar-refractivity contribution in [3.63, 3.8) is 0 Å². The Labute approximate surface area is 111 Å². The van der Waals surface area contributed by atoms with Gasteiger partial charge in [-0.25, -0.2) is 4.68 Å². The summed E-state index contributed by atoms with van der Waals surface area (Å²) in [5, 5.41) is 7.16. The van der Waals surface area contributed by atoms with Crippen molar-refractivity contribution >= 4 is 5.69 Å². The molecule has 0 atom stereocenters. The number of nitrogens with two attached hydrogens (primary N) is 1. The van der Waals surface area contributed by atoms with Crippen LogP contribution in [0, 0.1) is 0 Å². The lowest BCUT2D eigenvalue weighted by Gasteiger charge is -2.07. The van der Waals surface area contributed by atoms with E-state index in [4.69, 9.17) is 5.73 Å². The van der Waals surface area contributed by atoms with Crippen LogP contribution in [0.15, 0.2) is 41.6 Å². The van der Waals surface area contributed by atoms with Gasteiger partial charge in [0.1, 0.15) is 0 Å². The van der Waals surface area contributed by atoms with E-state index >= 15 is 0 Å². The molecule has 0 bridgehead atoms. The second kappa shape index (κ2) is 6.65. The van der Waals surface area contributed by atoms with Crippen LogP contribution in [0.1, 0.15) is 5.56 Å². The molecule has 0 fully saturated rings. The van der Waals surface area contributed by atoms with E-state index in [1.165, 1.54) is 10.7 Å². The maximum atomic E-state index is 11.8. The smallest absolute Gasteiger partial charge is 0.268 e. The van der Waals surface area contributed by atoms with Crippen LogP contribution in [0.4, 0.5) is 5.69 Å². The highest BCUT2D eigenvalue weighted by Crippen LogP contribution is 2.01. The van der Waals surface area contributed by atoms with E-state index in [0.717, 1.165) is 12.0 Å². The van der Waals surface area contributed by atoms with Crippen LogP contribution in [0.3, 0.4) is 0 Å². The standard InChI is InChI=1S/C13H17N5O/c14-4-7-16-12-9-13(19)18(17-10-12)8-3-11-1-5-15-6-2-11/h1-2,5-6,9-10,16H,3-4,7-8,14H2. The van der Waals surface area contributed by atoms with Crippen LogP contribution < -0.4 is 16.6 Å². The molecule has 2 aromatic rings. The van der Waals surface area contributed by atoms with E-state index in [2.05, 4.69) is 15.4 Å². The third kappa shape index (κ3) is 3.89. The average molecular weight is 259 g/mol. The van der Waals surface area contributed by atoms with Gasteiger partial charge in [0.25, 0.3) is 5.56 Å². The second-order valence-electron chi connectivity index (χ2n) is 4.13. The fraction of sp³-hybridized carbons (Fsp3) is 0.308. The number of hydrogen-bond acceptors (Lipinski definition) is 5. The predicted octanol–water partition coefficient (Wildman–Crippen LogP) is 0.252. The summed E-state index contributed by atoms with van der Waals surface area (Å²) in [5.74, 6) is 0. The first-order valence-corrected chi connectivity index (χ1v) is 6.19. The first-order valence-electron chi connectivity index (χ1n) is 6.19. The SMILES string of the molecule is NCCNc1cnn(CCc2ccncc2)c(=O)c1. The minimum absolute atomic E-state index is 0.115. The van der Waals surface area contributed by atoms with Gasteiger partial charge in [0, 0.05) is 38.1 Å². The average Bonchev–Trinajstić information content (AvgIpc) is 2.45. The van der Waals surface area contributed by atoms with E-state index in [1.54, 1.807) is 18.6 Å². The van der Waals surface area contributed by atoms with Crippen LogP contribution in [0.5, 0.6) is 0 Å². The zero-order chi connectivity index (χ0) is 13.5. The Hall–Kier alpha value is -2.21. The number of pyridine rings is 1. The monoisotopic (exact) mass is 259 g/mol. The zero-order valence-corrected chi connectivity index (χ0v) is 10.6. The minimum atomic E-state index is -0.115. The highest BCUT2D eigenvalue weighted by molar-refractivity contribution is 5.38. The van der Waals surface area contributed by atoms with Gasteiger partial charge >= 0.3 is 0 Å². The van der Waals surface area contributed by atoms with Crippen LogP contribution in [-0.2, 0) is 13.0 Å². The van der Waals surface area contributed by atoms with Gasteiger partial charge in [-0.2, -0.15) is 5.10 Å². The Morgan fingerprint density at radius 2 is 2.11 bits per heavy atom.